The molecule has 6 atom stereocenters. The van der Waals surface area contributed by atoms with E-state index >= 15 is 0 Å². The van der Waals surface area contributed by atoms with Crippen molar-refractivity contribution in [3.8, 4) is 0 Å². The molecule has 4 aliphatic rings. The molecule has 5 bridgehead atoms. The third kappa shape index (κ3) is 5.76. The highest BCUT2D eigenvalue weighted by Gasteiger charge is 2.73. The maximum Gasteiger partial charge on any atom is 0.306 e. The molecule has 0 unspecified atom stereocenters. The van der Waals surface area contributed by atoms with Gasteiger partial charge in [0.05, 0.1) is 24.0 Å². The van der Waals surface area contributed by atoms with Crippen molar-refractivity contribution >= 4 is 29.4 Å². The zero-order chi connectivity index (χ0) is 32.4. The number of allylic oxidation sites excluding steroid dienone is 1. The fourth-order valence-electron chi connectivity index (χ4n) is 7.27. The van der Waals surface area contributed by atoms with Gasteiger partial charge >= 0.3 is 5.97 Å². The minimum Gasteiger partial charge on any atom is -0.463 e. The van der Waals surface area contributed by atoms with Crippen LogP contribution in [-0.2, 0) is 28.7 Å². The van der Waals surface area contributed by atoms with E-state index in [-0.39, 0.29) is 44.5 Å². The van der Waals surface area contributed by atoms with Crippen molar-refractivity contribution in [2.45, 2.75) is 63.3 Å². The normalized spacial score (nSPS) is 30.4. The monoisotopic (exact) mass is 627 g/mol. The van der Waals surface area contributed by atoms with Crippen molar-refractivity contribution in [2.24, 2.45) is 11.8 Å². The predicted molar refractivity (Wildman–Crippen MR) is 170 cm³/mol. The Labute approximate surface area is 269 Å². The van der Waals surface area contributed by atoms with Crippen LogP contribution in [0.15, 0.2) is 72.8 Å². The van der Waals surface area contributed by atoms with Crippen LogP contribution in [0.1, 0.15) is 48.4 Å². The first kappa shape index (κ1) is 31.7. The Morgan fingerprint density at radius 3 is 2.59 bits per heavy atom. The molecule has 2 saturated heterocycles. The maximum absolute atomic E-state index is 14.9. The summed E-state index contributed by atoms with van der Waals surface area (Å²) in [6.07, 6.45) is 8.12. The number of nitrogens with one attached hydrogen (secondary N) is 1. The van der Waals surface area contributed by atoms with Crippen LogP contribution in [-0.4, -0.2) is 77.7 Å². The average molecular weight is 628 g/mol. The molecule has 0 saturated carbocycles. The van der Waals surface area contributed by atoms with Crippen LogP contribution in [0.4, 0.5) is 5.69 Å². The van der Waals surface area contributed by atoms with Crippen molar-refractivity contribution in [3.05, 3.63) is 89.5 Å². The number of nitrogens with zero attached hydrogens (tertiary/aromatic N) is 2. The van der Waals surface area contributed by atoms with Gasteiger partial charge in [-0.15, -0.1) is 0 Å². The molecule has 4 aliphatic heterocycles. The number of aryl methyl sites for hydroxylation is 2. The van der Waals surface area contributed by atoms with E-state index in [1.165, 1.54) is 0 Å². The second-order valence-electron chi connectivity index (χ2n) is 12.6. The number of esters is 1. The third-order valence-corrected chi connectivity index (χ3v) is 9.54. The van der Waals surface area contributed by atoms with Crippen molar-refractivity contribution in [1.82, 2.24) is 10.2 Å². The summed E-state index contributed by atoms with van der Waals surface area (Å²) in [6, 6.07) is 13.5. The van der Waals surface area contributed by atoms with Gasteiger partial charge in [0.2, 0.25) is 11.8 Å². The fraction of sp³-hybridized carbons (Fsp3) is 0.444. The summed E-state index contributed by atoms with van der Waals surface area (Å²) < 4.78 is 12.2. The molecule has 3 amide bonds. The van der Waals surface area contributed by atoms with Gasteiger partial charge in [0, 0.05) is 31.8 Å². The second-order valence-corrected chi connectivity index (χ2v) is 12.6. The molecule has 10 heteroatoms. The molecule has 10 nitrogen and oxygen atoms in total. The molecular formula is C36H41N3O7. The quantitative estimate of drug-likeness (QED) is 0.286. The highest BCUT2D eigenvalue weighted by Crippen LogP contribution is 2.55. The Morgan fingerprint density at radius 2 is 1.80 bits per heavy atom. The number of aliphatic hydroxyl groups excluding tert-OH is 1. The number of amides is 3. The second kappa shape index (κ2) is 13.2. The standard InChI is InChI=1S/C36H41N3O7/c1-23-14-15-24(2)27(21-23)38-18-8-4-7-13-29(41)45-22-26(25-11-5-3-6-12-25)37-33(42)30-28-16-17-36(46-28)31(30)34(43)39(19-9-10-20-40)32(36)35(38)44/h3-6,8,11-12,14-17,21,26,28,30-32,40H,7,9-10,13,18-20,22H2,1-2H3,(H,37,42)/b8-4-/t26-,28-,30+,31+,32-,36+/m0/s1. The van der Waals surface area contributed by atoms with E-state index in [1.807, 2.05) is 74.5 Å². The van der Waals surface area contributed by atoms with E-state index in [1.54, 1.807) is 22.0 Å². The van der Waals surface area contributed by atoms with Gasteiger partial charge in [-0.05, 0) is 55.9 Å². The summed E-state index contributed by atoms with van der Waals surface area (Å²) in [5.41, 5.74) is 2.01. The zero-order valence-corrected chi connectivity index (χ0v) is 26.3. The number of anilines is 1. The van der Waals surface area contributed by atoms with Crippen molar-refractivity contribution in [1.29, 1.82) is 0 Å². The van der Waals surface area contributed by atoms with E-state index in [4.69, 9.17) is 9.47 Å². The molecule has 2 aromatic carbocycles. The lowest BCUT2D eigenvalue weighted by atomic mass is 9.74. The molecule has 6 rings (SSSR count). The lowest BCUT2D eigenvalue weighted by Crippen LogP contribution is -2.56. The number of aliphatic hydroxyl groups is 1. The average Bonchev–Trinajstić information content (AvgIpc) is 3.69. The molecule has 46 heavy (non-hydrogen) atoms. The van der Waals surface area contributed by atoms with E-state index < -0.39 is 47.5 Å². The largest absolute Gasteiger partial charge is 0.463 e. The SMILES string of the molecule is Cc1ccc(C)c(N2C/C=C\CCC(=O)OC[C@@H](c3ccccc3)NC(=O)[C@@H]3[C@@H]4C=C[C@]5(O4)[C@H](C2=O)N(CCCCO)C(=O)[C@@H]35)c1. The highest BCUT2D eigenvalue weighted by molar-refractivity contribution is 6.06. The van der Waals surface area contributed by atoms with Crippen LogP contribution in [0, 0.1) is 25.7 Å². The van der Waals surface area contributed by atoms with E-state index in [0.717, 1.165) is 16.7 Å². The lowest BCUT2D eigenvalue weighted by molar-refractivity contribution is -0.145. The highest BCUT2D eigenvalue weighted by atomic mass is 16.5. The molecular weight excluding hydrogens is 586 g/mol. The van der Waals surface area contributed by atoms with Crippen LogP contribution in [0.2, 0.25) is 0 Å². The maximum atomic E-state index is 14.9. The number of unbranched alkanes of at least 4 members (excludes halogenated alkanes) is 1. The van der Waals surface area contributed by atoms with E-state index in [2.05, 4.69) is 5.32 Å². The summed E-state index contributed by atoms with van der Waals surface area (Å²) >= 11 is 0. The number of ether oxygens (including phenoxy) is 2. The first-order valence-electron chi connectivity index (χ1n) is 16.1. The van der Waals surface area contributed by atoms with Gasteiger partial charge in [-0.1, -0.05) is 66.8 Å². The Morgan fingerprint density at radius 1 is 1.00 bits per heavy atom. The Balaban J connectivity index is 1.44. The molecule has 1 spiro atoms. The molecule has 4 heterocycles. The van der Waals surface area contributed by atoms with Gasteiger partial charge in [0.15, 0.2) is 0 Å². The molecule has 242 valence electrons. The Kier molecular flexibility index (Phi) is 9.11. The first-order valence-corrected chi connectivity index (χ1v) is 16.1. The van der Waals surface area contributed by atoms with Gasteiger partial charge in [-0.25, -0.2) is 0 Å². The van der Waals surface area contributed by atoms with Crippen molar-refractivity contribution < 1.29 is 33.8 Å². The zero-order valence-electron chi connectivity index (χ0n) is 26.3. The summed E-state index contributed by atoms with van der Waals surface area (Å²) in [4.78, 5) is 59.4. The molecule has 2 fully saturated rings. The number of carbonyl (C=O) groups excluding carboxylic acids is 4. The molecule has 2 aromatic rings. The van der Waals surface area contributed by atoms with Crippen molar-refractivity contribution in [3.63, 3.8) is 0 Å². The van der Waals surface area contributed by atoms with Gasteiger partial charge in [0.1, 0.15) is 18.2 Å². The summed E-state index contributed by atoms with van der Waals surface area (Å²) in [5.74, 6) is -3.23. The number of fused-ring (bicyclic) bond motifs is 2. The summed E-state index contributed by atoms with van der Waals surface area (Å²) in [5, 5.41) is 12.6. The molecule has 0 aromatic heterocycles. The smallest absolute Gasteiger partial charge is 0.306 e. The van der Waals surface area contributed by atoms with Crippen LogP contribution in [0.3, 0.4) is 0 Å². The van der Waals surface area contributed by atoms with Crippen LogP contribution >= 0.6 is 0 Å². The van der Waals surface area contributed by atoms with Crippen LogP contribution < -0.4 is 10.2 Å². The summed E-state index contributed by atoms with van der Waals surface area (Å²) in [6.45, 7) is 4.24. The fourth-order valence-corrected chi connectivity index (χ4v) is 7.27. The third-order valence-electron chi connectivity index (χ3n) is 9.54. The minimum atomic E-state index is -1.33. The van der Waals surface area contributed by atoms with Gasteiger partial charge in [-0.2, -0.15) is 0 Å². The van der Waals surface area contributed by atoms with E-state index in [9.17, 15) is 24.3 Å². The Hall–Kier alpha value is -4.28. The topological polar surface area (TPSA) is 125 Å². The van der Waals surface area contributed by atoms with Gasteiger partial charge in [-0.3, -0.25) is 19.2 Å². The van der Waals surface area contributed by atoms with Crippen LogP contribution in [0.25, 0.3) is 0 Å². The number of hydrogen-bond acceptors (Lipinski definition) is 7. The number of likely N-dealkylation sites (tertiary alicyclic amines) is 1. The molecule has 2 N–H and O–H groups in total. The molecule has 0 radical (unpaired) electrons. The Bertz CT molecular complexity index is 1560. The minimum absolute atomic E-state index is 0.0381. The number of hydrogen-bond donors (Lipinski definition) is 2. The predicted octanol–water partition coefficient (Wildman–Crippen LogP) is 3.31. The first-order chi connectivity index (χ1) is 22.2. The number of rotatable bonds is 6. The lowest BCUT2D eigenvalue weighted by Gasteiger charge is -2.36. The van der Waals surface area contributed by atoms with E-state index in [0.29, 0.717) is 24.9 Å². The number of cyclic esters (lactones) is 1. The van der Waals surface area contributed by atoms with Crippen molar-refractivity contribution in [2.75, 3.05) is 31.2 Å². The molecule has 0 aliphatic carbocycles. The van der Waals surface area contributed by atoms with Gasteiger partial charge < -0.3 is 29.7 Å². The van der Waals surface area contributed by atoms with Gasteiger partial charge in [0.25, 0.3) is 5.91 Å². The summed E-state index contributed by atoms with van der Waals surface area (Å²) in [7, 11) is 0. The number of benzene rings is 2. The number of carbonyl (C=O) groups is 4. The van der Waals surface area contributed by atoms with Crippen LogP contribution in [0.5, 0.6) is 0 Å².